The maximum atomic E-state index is 3.91. The van der Waals surface area contributed by atoms with E-state index in [1.54, 1.807) is 0 Å². The molecular formula is C13H22Br2. The predicted octanol–water partition coefficient (Wildman–Crippen LogP) is 5.63. The van der Waals surface area contributed by atoms with Crippen molar-refractivity contribution in [2.45, 2.75) is 67.4 Å². The van der Waals surface area contributed by atoms with Gasteiger partial charge in [-0.1, -0.05) is 83.2 Å². The molecule has 0 amide bonds. The van der Waals surface area contributed by atoms with E-state index in [0.717, 1.165) is 11.8 Å². The highest BCUT2D eigenvalue weighted by atomic mass is 79.9. The van der Waals surface area contributed by atoms with Crippen LogP contribution in [0.2, 0.25) is 0 Å². The smallest absolute Gasteiger partial charge is 0.0724 e. The molecular weight excluding hydrogens is 316 g/mol. The monoisotopic (exact) mass is 336 g/mol. The zero-order chi connectivity index (χ0) is 10.7. The maximum absolute atomic E-state index is 3.91. The van der Waals surface area contributed by atoms with Crippen LogP contribution in [-0.4, -0.2) is 3.23 Å². The van der Waals surface area contributed by atoms with Crippen LogP contribution in [0.15, 0.2) is 0 Å². The third-order valence-electron chi connectivity index (χ3n) is 4.05. The van der Waals surface area contributed by atoms with Crippen LogP contribution in [0.1, 0.15) is 64.2 Å². The summed E-state index contributed by atoms with van der Waals surface area (Å²) in [5.74, 6) is 1.93. The summed E-state index contributed by atoms with van der Waals surface area (Å²) in [5, 5.41) is 0. The Bertz CT molecular complexity index is 201. The predicted molar refractivity (Wildman–Crippen MR) is 73.7 cm³/mol. The Kier molecular flexibility index (Phi) is 4.58. The fourth-order valence-corrected chi connectivity index (χ4v) is 4.60. The quantitative estimate of drug-likeness (QED) is 0.502. The van der Waals surface area contributed by atoms with Crippen molar-refractivity contribution in [2.24, 2.45) is 11.8 Å². The third-order valence-corrected chi connectivity index (χ3v) is 6.02. The lowest BCUT2D eigenvalue weighted by Gasteiger charge is -2.21. The minimum absolute atomic E-state index is 0.282. The van der Waals surface area contributed by atoms with Gasteiger partial charge in [-0.25, -0.2) is 0 Å². The van der Waals surface area contributed by atoms with E-state index in [4.69, 9.17) is 0 Å². The molecule has 0 heterocycles. The standard InChI is InChI=1S/C13H22Br2/c14-13(15)9-7-5-3-1-2-4-6-8-11-10-12(11)13/h11-12H,1-10H2. The molecule has 0 aromatic heterocycles. The number of rotatable bonds is 0. The largest absolute Gasteiger partial charge is 0.0836 e. The molecule has 2 fully saturated rings. The zero-order valence-corrected chi connectivity index (χ0v) is 12.7. The van der Waals surface area contributed by atoms with Gasteiger partial charge in [0.15, 0.2) is 0 Å². The van der Waals surface area contributed by atoms with Gasteiger partial charge in [-0.3, -0.25) is 0 Å². The first-order valence-electron chi connectivity index (χ1n) is 6.58. The molecule has 0 radical (unpaired) electrons. The van der Waals surface area contributed by atoms with Crippen LogP contribution in [0.3, 0.4) is 0 Å². The van der Waals surface area contributed by atoms with Crippen molar-refractivity contribution >= 4 is 31.9 Å². The van der Waals surface area contributed by atoms with E-state index in [-0.39, 0.29) is 3.23 Å². The van der Waals surface area contributed by atoms with Gasteiger partial charge in [0.2, 0.25) is 0 Å². The average Bonchev–Trinajstić information content (AvgIpc) is 2.93. The summed E-state index contributed by atoms with van der Waals surface area (Å²) in [6, 6.07) is 0. The Balaban J connectivity index is 1.83. The molecule has 2 aliphatic rings. The van der Waals surface area contributed by atoms with E-state index < -0.39 is 0 Å². The minimum Gasteiger partial charge on any atom is -0.0724 e. The van der Waals surface area contributed by atoms with Crippen LogP contribution in [0.5, 0.6) is 0 Å². The summed E-state index contributed by atoms with van der Waals surface area (Å²) in [6.07, 6.45) is 14.4. The van der Waals surface area contributed by atoms with Gasteiger partial charge in [-0.15, -0.1) is 0 Å². The second kappa shape index (κ2) is 5.53. The van der Waals surface area contributed by atoms with Crippen LogP contribution in [0.4, 0.5) is 0 Å². The molecule has 15 heavy (non-hydrogen) atoms. The summed E-state index contributed by atoms with van der Waals surface area (Å²) in [5.41, 5.74) is 0. The molecule has 2 saturated carbocycles. The highest BCUT2D eigenvalue weighted by Crippen LogP contribution is 2.57. The van der Waals surface area contributed by atoms with Gasteiger partial charge in [0.05, 0.1) is 3.23 Å². The van der Waals surface area contributed by atoms with Crippen LogP contribution in [0, 0.1) is 11.8 Å². The Morgan fingerprint density at radius 1 is 0.800 bits per heavy atom. The van der Waals surface area contributed by atoms with E-state index in [2.05, 4.69) is 31.9 Å². The van der Waals surface area contributed by atoms with Crippen molar-refractivity contribution in [2.75, 3.05) is 0 Å². The molecule has 0 saturated heterocycles. The van der Waals surface area contributed by atoms with E-state index in [0.29, 0.717) is 0 Å². The molecule has 0 N–H and O–H groups in total. The first-order valence-corrected chi connectivity index (χ1v) is 8.16. The molecule has 0 bridgehead atoms. The van der Waals surface area contributed by atoms with Crippen molar-refractivity contribution in [3.63, 3.8) is 0 Å². The van der Waals surface area contributed by atoms with Gasteiger partial charge >= 0.3 is 0 Å². The minimum atomic E-state index is 0.282. The number of halogens is 2. The summed E-state index contributed by atoms with van der Waals surface area (Å²) in [6.45, 7) is 0. The summed E-state index contributed by atoms with van der Waals surface area (Å²) < 4.78 is 0.282. The van der Waals surface area contributed by atoms with Crippen LogP contribution >= 0.6 is 31.9 Å². The highest BCUT2D eigenvalue weighted by Gasteiger charge is 2.48. The normalized spacial score (nSPS) is 37.2. The third kappa shape index (κ3) is 3.73. The van der Waals surface area contributed by atoms with Gasteiger partial charge in [0.1, 0.15) is 0 Å². The Hall–Kier alpha value is 0.960. The lowest BCUT2D eigenvalue weighted by molar-refractivity contribution is 0.490. The zero-order valence-electron chi connectivity index (χ0n) is 9.48. The topological polar surface area (TPSA) is 0 Å². The lowest BCUT2D eigenvalue weighted by atomic mass is 10.0. The molecule has 88 valence electrons. The van der Waals surface area contributed by atoms with Gasteiger partial charge in [0, 0.05) is 0 Å². The lowest BCUT2D eigenvalue weighted by Crippen LogP contribution is -2.15. The average molecular weight is 338 g/mol. The second-order valence-electron chi connectivity index (χ2n) is 5.38. The Morgan fingerprint density at radius 3 is 2.13 bits per heavy atom. The van der Waals surface area contributed by atoms with Gasteiger partial charge < -0.3 is 0 Å². The number of fused-ring (bicyclic) bond motifs is 1. The van der Waals surface area contributed by atoms with E-state index in [1.165, 1.54) is 64.2 Å². The van der Waals surface area contributed by atoms with Crippen molar-refractivity contribution in [3.8, 4) is 0 Å². The highest BCUT2D eigenvalue weighted by molar-refractivity contribution is 9.25. The number of alkyl halides is 2. The molecule has 0 aromatic carbocycles. The molecule has 2 aliphatic carbocycles. The summed E-state index contributed by atoms with van der Waals surface area (Å²) in [4.78, 5) is 0. The van der Waals surface area contributed by atoms with Crippen molar-refractivity contribution in [1.82, 2.24) is 0 Å². The van der Waals surface area contributed by atoms with Crippen LogP contribution in [-0.2, 0) is 0 Å². The van der Waals surface area contributed by atoms with Crippen LogP contribution < -0.4 is 0 Å². The van der Waals surface area contributed by atoms with Crippen molar-refractivity contribution < 1.29 is 0 Å². The molecule has 0 aromatic rings. The Morgan fingerprint density at radius 2 is 1.40 bits per heavy atom. The molecule has 0 aliphatic heterocycles. The van der Waals surface area contributed by atoms with Crippen molar-refractivity contribution in [1.29, 1.82) is 0 Å². The van der Waals surface area contributed by atoms with E-state index in [9.17, 15) is 0 Å². The van der Waals surface area contributed by atoms with Gasteiger partial charge in [-0.05, 0) is 24.7 Å². The molecule has 2 atom stereocenters. The molecule has 2 heteroatoms. The summed E-state index contributed by atoms with van der Waals surface area (Å²) in [7, 11) is 0. The number of hydrogen-bond acceptors (Lipinski definition) is 0. The Labute approximate surface area is 111 Å². The van der Waals surface area contributed by atoms with E-state index in [1.807, 2.05) is 0 Å². The van der Waals surface area contributed by atoms with Gasteiger partial charge in [-0.2, -0.15) is 0 Å². The molecule has 0 nitrogen and oxygen atoms in total. The van der Waals surface area contributed by atoms with Crippen LogP contribution in [0.25, 0.3) is 0 Å². The first-order chi connectivity index (χ1) is 7.20. The molecule has 2 rings (SSSR count). The SMILES string of the molecule is BrC1(Br)CCCCCCCCCC2CC21. The van der Waals surface area contributed by atoms with E-state index >= 15 is 0 Å². The fourth-order valence-electron chi connectivity index (χ4n) is 2.92. The fraction of sp³-hybridized carbons (Fsp3) is 1.00. The molecule has 0 spiro atoms. The maximum Gasteiger partial charge on any atom is 0.0836 e. The molecule has 2 unspecified atom stereocenters. The first kappa shape index (κ1) is 12.4. The van der Waals surface area contributed by atoms with Gasteiger partial charge in [0.25, 0.3) is 0 Å². The second-order valence-corrected chi connectivity index (χ2v) is 9.27. The van der Waals surface area contributed by atoms with Crippen molar-refractivity contribution in [3.05, 3.63) is 0 Å². The number of hydrogen-bond donors (Lipinski definition) is 0. The summed E-state index contributed by atoms with van der Waals surface area (Å²) >= 11 is 7.81.